The van der Waals surface area contributed by atoms with E-state index in [1.807, 2.05) is 36.7 Å². The Morgan fingerprint density at radius 2 is 2.40 bits per heavy atom. The van der Waals surface area contributed by atoms with Crippen LogP contribution in [0.25, 0.3) is 0 Å². The Hall–Kier alpha value is -0.740. The molecule has 1 heterocycles. The summed E-state index contributed by atoms with van der Waals surface area (Å²) in [5, 5.41) is 2.02. The van der Waals surface area contributed by atoms with Gasteiger partial charge in [-0.1, -0.05) is 13.8 Å². The normalized spacial score (nSPS) is 13.1. The number of Topliss-reactive ketones (excluding diaryl/α,β-unsaturated/α-hetero) is 1. The van der Waals surface area contributed by atoms with Crippen LogP contribution in [0.5, 0.6) is 0 Å². The summed E-state index contributed by atoms with van der Waals surface area (Å²) in [6.45, 7) is 5.31. The van der Waals surface area contributed by atoms with Crippen molar-refractivity contribution < 1.29 is 4.79 Å². The van der Waals surface area contributed by atoms with E-state index in [-0.39, 0.29) is 5.92 Å². The molecular formula is C11H18N2OS. The van der Waals surface area contributed by atoms with Crippen LogP contribution in [0.15, 0.2) is 10.9 Å². The van der Waals surface area contributed by atoms with Crippen molar-refractivity contribution in [3.63, 3.8) is 0 Å². The van der Waals surface area contributed by atoms with Gasteiger partial charge in [-0.05, 0) is 13.5 Å². The van der Waals surface area contributed by atoms with Crippen LogP contribution in [0, 0.1) is 5.92 Å². The highest BCUT2D eigenvalue weighted by Gasteiger charge is 2.13. The molecule has 3 nitrogen and oxygen atoms in total. The Morgan fingerprint density at radius 3 is 2.93 bits per heavy atom. The van der Waals surface area contributed by atoms with Gasteiger partial charge in [0.05, 0.1) is 17.7 Å². The third-order valence-electron chi connectivity index (χ3n) is 2.50. The highest BCUT2D eigenvalue weighted by molar-refractivity contribution is 7.07. The zero-order valence-corrected chi connectivity index (χ0v) is 10.4. The van der Waals surface area contributed by atoms with Crippen LogP contribution in [-0.2, 0) is 11.3 Å². The van der Waals surface area contributed by atoms with Gasteiger partial charge in [0, 0.05) is 17.8 Å². The summed E-state index contributed by atoms with van der Waals surface area (Å²) in [6.07, 6.45) is 0.920. The molecule has 1 aromatic heterocycles. The van der Waals surface area contributed by atoms with E-state index in [1.54, 1.807) is 11.3 Å². The maximum atomic E-state index is 11.7. The molecule has 4 heteroatoms. The molecule has 0 amide bonds. The molecule has 1 atom stereocenters. The number of ketones is 1. The summed E-state index contributed by atoms with van der Waals surface area (Å²) < 4.78 is 0. The molecule has 0 bridgehead atoms. The summed E-state index contributed by atoms with van der Waals surface area (Å²) in [5.41, 5.74) is 2.86. The highest BCUT2D eigenvalue weighted by Crippen LogP contribution is 2.07. The van der Waals surface area contributed by atoms with Crippen LogP contribution in [0.4, 0.5) is 0 Å². The smallest absolute Gasteiger partial charge is 0.149 e. The lowest BCUT2D eigenvalue weighted by Gasteiger charge is -2.16. The average Bonchev–Trinajstić information content (AvgIpc) is 2.68. The van der Waals surface area contributed by atoms with Crippen molar-refractivity contribution in [1.29, 1.82) is 0 Å². The lowest BCUT2D eigenvalue weighted by atomic mass is 10.0. The Kier molecular flexibility index (Phi) is 4.91. The molecule has 1 unspecified atom stereocenters. The summed E-state index contributed by atoms with van der Waals surface area (Å²) in [5.74, 6) is 0.484. The lowest BCUT2D eigenvalue weighted by Crippen LogP contribution is -2.29. The van der Waals surface area contributed by atoms with E-state index in [1.165, 1.54) is 0 Å². The van der Waals surface area contributed by atoms with Crippen LogP contribution in [0.3, 0.4) is 0 Å². The second-order valence-corrected chi connectivity index (χ2v) is 4.65. The van der Waals surface area contributed by atoms with Crippen LogP contribution in [-0.4, -0.2) is 29.3 Å². The largest absolute Gasteiger partial charge is 0.298 e. The molecule has 1 aromatic rings. The van der Waals surface area contributed by atoms with Crippen molar-refractivity contribution in [3.05, 3.63) is 16.6 Å². The monoisotopic (exact) mass is 226 g/mol. The average molecular weight is 226 g/mol. The minimum absolute atomic E-state index is 0.169. The van der Waals surface area contributed by atoms with Crippen molar-refractivity contribution >= 4 is 17.1 Å². The minimum Gasteiger partial charge on any atom is -0.298 e. The Bertz CT molecular complexity index is 298. The maximum Gasteiger partial charge on any atom is 0.149 e. The zero-order valence-electron chi connectivity index (χ0n) is 9.56. The molecule has 0 spiro atoms. The SMILES string of the molecule is CCC(C)C(=O)CN(C)Cc1cscn1. The number of rotatable bonds is 6. The van der Waals surface area contributed by atoms with Gasteiger partial charge in [-0.15, -0.1) is 11.3 Å². The van der Waals surface area contributed by atoms with E-state index in [0.717, 1.165) is 18.7 Å². The number of likely N-dealkylation sites (N-methyl/N-ethyl adjacent to an activating group) is 1. The highest BCUT2D eigenvalue weighted by atomic mass is 32.1. The van der Waals surface area contributed by atoms with Crippen LogP contribution < -0.4 is 0 Å². The van der Waals surface area contributed by atoms with Gasteiger partial charge < -0.3 is 0 Å². The van der Waals surface area contributed by atoms with Crippen molar-refractivity contribution in [2.45, 2.75) is 26.8 Å². The molecule has 0 radical (unpaired) electrons. The second kappa shape index (κ2) is 5.98. The molecule has 0 aliphatic carbocycles. The van der Waals surface area contributed by atoms with Gasteiger partial charge in [0.15, 0.2) is 0 Å². The van der Waals surface area contributed by atoms with Gasteiger partial charge in [0.1, 0.15) is 5.78 Å². The number of carbonyl (C=O) groups is 1. The van der Waals surface area contributed by atoms with Gasteiger partial charge in [0.25, 0.3) is 0 Å². The van der Waals surface area contributed by atoms with Crippen LogP contribution in [0.1, 0.15) is 26.0 Å². The Balaban J connectivity index is 2.36. The predicted molar refractivity (Wildman–Crippen MR) is 62.9 cm³/mol. The topological polar surface area (TPSA) is 33.2 Å². The third-order valence-corrected chi connectivity index (χ3v) is 3.14. The Morgan fingerprint density at radius 1 is 1.67 bits per heavy atom. The first kappa shape index (κ1) is 12.3. The van der Waals surface area contributed by atoms with Gasteiger partial charge in [-0.2, -0.15) is 0 Å². The quantitative estimate of drug-likeness (QED) is 0.745. The van der Waals surface area contributed by atoms with E-state index >= 15 is 0 Å². The van der Waals surface area contributed by atoms with Crippen LogP contribution >= 0.6 is 11.3 Å². The third kappa shape index (κ3) is 4.10. The molecule has 84 valence electrons. The van der Waals surface area contributed by atoms with Gasteiger partial charge in [-0.3, -0.25) is 9.69 Å². The van der Waals surface area contributed by atoms with E-state index in [2.05, 4.69) is 4.98 Å². The number of hydrogen-bond acceptors (Lipinski definition) is 4. The van der Waals surface area contributed by atoms with Crippen molar-refractivity contribution in [2.24, 2.45) is 5.92 Å². The fourth-order valence-corrected chi connectivity index (χ4v) is 1.85. The fraction of sp³-hybridized carbons (Fsp3) is 0.636. The molecular weight excluding hydrogens is 208 g/mol. The number of hydrogen-bond donors (Lipinski definition) is 0. The predicted octanol–water partition coefficient (Wildman–Crippen LogP) is 2.19. The first-order valence-electron chi connectivity index (χ1n) is 5.21. The number of nitrogens with zero attached hydrogens (tertiary/aromatic N) is 2. The molecule has 0 aliphatic rings. The molecule has 15 heavy (non-hydrogen) atoms. The molecule has 0 fully saturated rings. The van der Waals surface area contributed by atoms with E-state index in [4.69, 9.17) is 0 Å². The first-order chi connectivity index (χ1) is 7.13. The zero-order chi connectivity index (χ0) is 11.3. The van der Waals surface area contributed by atoms with Crippen LogP contribution in [0.2, 0.25) is 0 Å². The lowest BCUT2D eigenvalue weighted by molar-refractivity contribution is -0.123. The summed E-state index contributed by atoms with van der Waals surface area (Å²) in [7, 11) is 1.96. The van der Waals surface area contributed by atoms with Gasteiger partial charge >= 0.3 is 0 Å². The molecule has 0 aliphatic heterocycles. The standard InChI is InChI=1S/C11H18N2OS/c1-4-9(2)11(14)6-13(3)5-10-7-15-8-12-10/h7-9H,4-6H2,1-3H3. The Labute approximate surface area is 95.1 Å². The minimum atomic E-state index is 0.169. The van der Waals surface area contributed by atoms with Crippen molar-refractivity contribution in [3.8, 4) is 0 Å². The summed E-state index contributed by atoms with van der Waals surface area (Å²) in [6, 6.07) is 0. The number of aromatic nitrogens is 1. The summed E-state index contributed by atoms with van der Waals surface area (Å²) in [4.78, 5) is 17.9. The van der Waals surface area contributed by atoms with Crippen molar-refractivity contribution in [2.75, 3.05) is 13.6 Å². The van der Waals surface area contributed by atoms with Crippen molar-refractivity contribution in [1.82, 2.24) is 9.88 Å². The molecule has 1 rings (SSSR count). The maximum absolute atomic E-state index is 11.7. The van der Waals surface area contributed by atoms with Gasteiger partial charge in [0.2, 0.25) is 0 Å². The van der Waals surface area contributed by atoms with E-state index in [9.17, 15) is 4.79 Å². The molecule has 0 aromatic carbocycles. The first-order valence-corrected chi connectivity index (χ1v) is 6.16. The summed E-state index contributed by atoms with van der Waals surface area (Å²) >= 11 is 1.59. The molecule has 0 saturated heterocycles. The van der Waals surface area contributed by atoms with E-state index < -0.39 is 0 Å². The fourth-order valence-electron chi connectivity index (χ4n) is 1.30. The molecule has 0 N–H and O–H groups in total. The van der Waals surface area contributed by atoms with Gasteiger partial charge in [-0.25, -0.2) is 4.98 Å². The molecule has 0 saturated carbocycles. The van der Waals surface area contributed by atoms with E-state index in [0.29, 0.717) is 12.3 Å². The number of thiazole rings is 1. The second-order valence-electron chi connectivity index (χ2n) is 3.93. The number of carbonyl (C=O) groups excluding carboxylic acids is 1.